The van der Waals surface area contributed by atoms with Gasteiger partial charge in [0.15, 0.2) is 0 Å². The number of allylic oxidation sites excluding steroid dienone is 2. The van der Waals surface area contributed by atoms with Gasteiger partial charge in [0.05, 0.1) is 0 Å². The van der Waals surface area contributed by atoms with Crippen molar-refractivity contribution in [3.05, 3.63) is 48.6 Å². The van der Waals surface area contributed by atoms with Crippen LogP contribution in [0.1, 0.15) is 52.7 Å². The molecule has 1 rings (SSSR count). The Morgan fingerprint density at radius 2 is 0.875 bits per heavy atom. The van der Waals surface area contributed by atoms with Crippen LogP contribution in [-0.4, -0.2) is 0 Å². The average Bonchev–Trinajstić information content (AvgIpc) is 2.34. The molecule has 0 saturated carbocycles. The minimum absolute atomic E-state index is 1.10. The minimum Gasteiger partial charge on any atom is -0.0955 e. The second-order valence-electron chi connectivity index (χ2n) is 3.14. The lowest BCUT2D eigenvalue weighted by molar-refractivity contribution is 1.50. The van der Waals surface area contributed by atoms with Crippen molar-refractivity contribution < 1.29 is 0 Å². The van der Waals surface area contributed by atoms with Gasteiger partial charge in [0, 0.05) is 0 Å². The van der Waals surface area contributed by atoms with Crippen LogP contribution in [0.5, 0.6) is 0 Å². The van der Waals surface area contributed by atoms with Crippen LogP contribution in [0.3, 0.4) is 0 Å². The first-order chi connectivity index (χ1) is 7.61. The summed E-state index contributed by atoms with van der Waals surface area (Å²) in [6.07, 6.45) is 0. The van der Waals surface area contributed by atoms with Gasteiger partial charge < -0.3 is 0 Å². The van der Waals surface area contributed by atoms with Gasteiger partial charge in [-0.1, -0.05) is 76.3 Å². The molecule has 0 fully saturated rings. The van der Waals surface area contributed by atoms with E-state index in [4.69, 9.17) is 0 Å². The number of rotatable bonds is 2. The molecule has 0 bridgehead atoms. The fourth-order valence-electron chi connectivity index (χ4n) is 1.04. The normalized spacial score (nSPS) is 7.88. The molecule has 90 valence electrons. The van der Waals surface area contributed by atoms with Crippen molar-refractivity contribution >= 4 is 11.1 Å². The van der Waals surface area contributed by atoms with Crippen molar-refractivity contribution in [1.82, 2.24) is 0 Å². The highest BCUT2D eigenvalue weighted by Gasteiger charge is 1.94. The van der Waals surface area contributed by atoms with Gasteiger partial charge in [-0.15, -0.1) is 0 Å². The molecular formula is C16H26. The standard InChI is InChI=1S/C12H14.2C2H6/c1-9(2)11-5-7-12(8-6-11)10(3)4;2*1-2/h5-8H,1,3H2,2,4H3;2*1-2H3. The number of benzene rings is 1. The van der Waals surface area contributed by atoms with Crippen LogP contribution in [0.4, 0.5) is 0 Å². The van der Waals surface area contributed by atoms with Crippen molar-refractivity contribution in [2.24, 2.45) is 0 Å². The topological polar surface area (TPSA) is 0 Å². The molecule has 0 spiro atoms. The molecule has 0 aromatic heterocycles. The molecule has 0 heteroatoms. The Kier molecular flexibility index (Phi) is 10.9. The zero-order chi connectivity index (χ0) is 13.1. The van der Waals surface area contributed by atoms with Gasteiger partial charge in [0.2, 0.25) is 0 Å². The second kappa shape index (κ2) is 10.2. The highest BCUT2D eigenvalue weighted by Crippen LogP contribution is 2.16. The van der Waals surface area contributed by atoms with Crippen LogP contribution in [0, 0.1) is 0 Å². The molecular weight excluding hydrogens is 192 g/mol. The lowest BCUT2D eigenvalue weighted by Crippen LogP contribution is -1.80. The van der Waals surface area contributed by atoms with Crippen LogP contribution in [0.25, 0.3) is 11.1 Å². The Morgan fingerprint density at radius 1 is 0.688 bits per heavy atom. The quantitative estimate of drug-likeness (QED) is 0.588. The van der Waals surface area contributed by atoms with Crippen molar-refractivity contribution in [2.75, 3.05) is 0 Å². The van der Waals surface area contributed by atoms with Gasteiger partial charge in [0.25, 0.3) is 0 Å². The smallest absolute Gasteiger partial charge is 0.0233 e. The molecule has 16 heavy (non-hydrogen) atoms. The van der Waals surface area contributed by atoms with E-state index >= 15 is 0 Å². The number of hydrogen-bond donors (Lipinski definition) is 0. The van der Waals surface area contributed by atoms with Crippen LogP contribution in [0.15, 0.2) is 37.4 Å². The van der Waals surface area contributed by atoms with Gasteiger partial charge in [0.1, 0.15) is 0 Å². The summed E-state index contributed by atoms with van der Waals surface area (Å²) >= 11 is 0. The predicted molar refractivity (Wildman–Crippen MR) is 78.6 cm³/mol. The average molecular weight is 218 g/mol. The molecule has 0 unspecified atom stereocenters. The lowest BCUT2D eigenvalue weighted by Gasteiger charge is -2.02. The second-order valence-corrected chi connectivity index (χ2v) is 3.14. The molecule has 1 aromatic carbocycles. The van der Waals surface area contributed by atoms with E-state index in [9.17, 15) is 0 Å². The molecule has 0 amide bonds. The van der Waals surface area contributed by atoms with Crippen molar-refractivity contribution in [3.63, 3.8) is 0 Å². The van der Waals surface area contributed by atoms with Gasteiger partial charge in [-0.05, 0) is 25.0 Å². The summed E-state index contributed by atoms with van der Waals surface area (Å²) in [7, 11) is 0. The van der Waals surface area contributed by atoms with Gasteiger partial charge >= 0.3 is 0 Å². The maximum atomic E-state index is 3.88. The fraction of sp³-hybridized carbons (Fsp3) is 0.375. The highest BCUT2D eigenvalue weighted by molar-refractivity contribution is 5.66. The van der Waals surface area contributed by atoms with E-state index in [2.05, 4.69) is 37.4 Å². The van der Waals surface area contributed by atoms with Crippen LogP contribution in [-0.2, 0) is 0 Å². The molecule has 0 radical (unpaired) electrons. The summed E-state index contributed by atoms with van der Waals surface area (Å²) in [6.45, 7) is 19.8. The third-order valence-corrected chi connectivity index (χ3v) is 1.87. The Morgan fingerprint density at radius 3 is 1.00 bits per heavy atom. The van der Waals surface area contributed by atoms with Crippen LogP contribution < -0.4 is 0 Å². The molecule has 0 aliphatic rings. The SMILES string of the molecule is C=C(C)c1ccc(C(=C)C)cc1.CC.CC. The first-order valence-electron chi connectivity index (χ1n) is 6.03. The molecule has 0 heterocycles. The van der Waals surface area contributed by atoms with Gasteiger partial charge in [-0.2, -0.15) is 0 Å². The van der Waals surface area contributed by atoms with Crippen LogP contribution in [0.2, 0.25) is 0 Å². The Labute approximate surface area is 102 Å². The van der Waals surface area contributed by atoms with E-state index < -0.39 is 0 Å². The maximum Gasteiger partial charge on any atom is -0.0233 e. The molecule has 0 aliphatic carbocycles. The fourth-order valence-corrected chi connectivity index (χ4v) is 1.04. The zero-order valence-corrected chi connectivity index (χ0v) is 11.7. The minimum atomic E-state index is 1.10. The van der Waals surface area contributed by atoms with E-state index in [1.807, 2.05) is 41.5 Å². The summed E-state index contributed by atoms with van der Waals surface area (Å²) in [5.41, 5.74) is 4.59. The van der Waals surface area contributed by atoms with E-state index in [0.717, 1.165) is 11.1 Å². The third-order valence-electron chi connectivity index (χ3n) is 1.87. The largest absolute Gasteiger partial charge is 0.0955 e. The summed E-state index contributed by atoms with van der Waals surface area (Å²) in [5, 5.41) is 0. The Hall–Kier alpha value is -1.30. The lowest BCUT2D eigenvalue weighted by atomic mass is 10.0. The molecule has 0 aliphatic heterocycles. The molecule has 0 N–H and O–H groups in total. The van der Waals surface area contributed by atoms with E-state index in [0.29, 0.717) is 0 Å². The maximum absolute atomic E-state index is 3.88. The van der Waals surface area contributed by atoms with Crippen LogP contribution >= 0.6 is 0 Å². The van der Waals surface area contributed by atoms with Gasteiger partial charge in [-0.25, -0.2) is 0 Å². The van der Waals surface area contributed by atoms with E-state index in [1.54, 1.807) is 0 Å². The summed E-state index contributed by atoms with van der Waals surface area (Å²) in [6, 6.07) is 8.30. The first-order valence-corrected chi connectivity index (χ1v) is 6.03. The number of hydrogen-bond acceptors (Lipinski definition) is 0. The third kappa shape index (κ3) is 6.23. The predicted octanol–water partition coefficient (Wildman–Crippen LogP) is 5.81. The molecule has 1 aromatic rings. The summed E-state index contributed by atoms with van der Waals surface area (Å²) in [4.78, 5) is 0. The van der Waals surface area contributed by atoms with Gasteiger partial charge in [-0.3, -0.25) is 0 Å². The highest BCUT2D eigenvalue weighted by atomic mass is 14.0. The molecule has 0 saturated heterocycles. The van der Waals surface area contributed by atoms with Crippen molar-refractivity contribution in [3.8, 4) is 0 Å². The van der Waals surface area contributed by atoms with Crippen molar-refractivity contribution in [1.29, 1.82) is 0 Å². The zero-order valence-electron chi connectivity index (χ0n) is 11.7. The van der Waals surface area contributed by atoms with E-state index in [-0.39, 0.29) is 0 Å². The molecule has 0 nitrogen and oxygen atoms in total. The van der Waals surface area contributed by atoms with E-state index in [1.165, 1.54) is 11.1 Å². The Balaban J connectivity index is 0. The molecule has 0 atom stereocenters. The Bertz CT molecular complexity index is 268. The monoisotopic (exact) mass is 218 g/mol. The first kappa shape index (κ1) is 17.1. The summed E-state index contributed by atoms with van der Waals surface area (Å²) in [5.74, 6) is 0. The summed E-state index contributed by atoms with van der Waals surface area (Å²) < 4.78 is 0. The van der Waals surface area contributed by atoms with Crippen molar-refractivity contribution in [2.45, 2.75) is 41.5 Å².